The van der Waals surface area contributed by atoms with Gasteiger partial charge in [0.2, 0.25) is 5.82 Å². The first kappa shape index (κ1) is 25.9. The predicted molar refractivity (Wildman–Crippen MR) is 142 cm³/mol. The van der Waals surface area contributed by atoms with Crippen LogP contribution in [0.15, 0.2) is 48.5 Å². The monoisotopic (exact) mass is 525 g/mol. The molecule has 0 aliphatic carbocycles. The molecule has 0 fully saturated rings. The largest absolute Gasteiger partial charge is 0.458 e. The van der Waals surface area contributed by atoms with Crippen LogP contribution >= 0.6 is 24.2 Å². The first-order chi connectivity index (χ1) is 17.5. The lowest BCUT2D eigenvalue weighted by Gasteiger charge is -2.14. The van der Waals surface area contributed by atoms with Crippen LogP contribution < -0.4 is 5.73 Å². The van der Waals surface area contributed by atoms with Crippen LogP contribution in [-0.4, -0.2) is 47.9 Å². The van der Waals surface area contributed by atoms with Crippen LogP contribution in [0.5, 0.6) is 0 Å². The number of nitrogens with zero attached hydrogens (tertiary/aromatic N) is 5. The fraction of sp³-hybridized carbons (Fsp3) is 0.320. The van der Waals surface area contributed by atoms with E-state index in [1.807, 2.05) is 28.8 Å². The number of unbranched alkanes of at least 4 members (excludes halogenated alkanes) is 1. The lowest BCUT2D eigenvalue weighted by Crippen LogP contribution is -2.34. The van der Waals surface area contributed by atoms with Crippen molar-refractivity contribution in [1.29, 1.82) is 0 Å². The number of carbonyl (C=O) groups excluding carboxylic acids is 1. The van der Waals surface area contributed by atoms with E-state index >= 15 is 0 Å². The van der Waals surface area contributed by atoms with Gasteiger partial charge in [-0.05, 0) is 28.3 Å². The molecule has 0 aliphatic rings. The highest BCUT2D eigenvalue weighted by molar-refractivity contribution is 7.80. The van der Waals surface area contributed by atoms with Crippen LogP contribution in [0.2, 0.25) is 5.15 Å². The predicted octanol–water partition coefficient (Wildman–Crippen LogP) is 4.07. The third-order valence-electron chi connectivity index (χ3n) is 5.83. The lowest BCUT2D eigenvalue weighted by atomic mass is 9.98. The lowest BCUT2D eigenvalue weighted by molar-refractivity contribution is -0.146. The van der Waals surface area contributed by atoms with Crippen molar-refractivity contribution in [2.75, 3.05) is 5.75 Å². The molecule has 9 nitrogen and oxygen atoms in total. The number of nitrogens with one attached hydrogen (secondary N) is 1. The van der Waals surface area contributed by atoms with Gasteiger partial charge in [0.1, 0.15) is 18.5 Å². The van der Waals surface area contributed by atoms with Crippen LogP contribution in [0.4, 0.5) is 0 Å². The number of aromatic nitrogens is 6. The molecule has 0 saturated carbocycles. The molecule has 0 spiro atoms. The second-order valence-electron chi connectivity index (χ2n) is 8.33. The number of halogens is 1. The van der Waals surface area contributed by atoms with E-state index < -0.39 is 12.0 Å². The van der Waals surface area contributed by atoms with Crippen molar-refractivity contribution in [2.24, 2.45) is 5.73 Å². The van der Waals surface area contributed by atoms with E-state index in [1.165, 1.54) is 0 Å². The number of carbonyl (C=O) groups is 1. The van der Waals surface area contributed by atoms with Gasteiger partial charge in [-0.25, -0.2) is 4.98 Å². The molecule has 0 unspecified atom stereocenters. The SMILES string of the molecule is CCCCc1nc(Cl)c(COC(=O)[C@@H](N)CS)n1Cc1ccc(-c2ccccc2-c2nn[nH]n2)cc1. The van der Waals surface area contributed by atoms with Crippen LogP contribution in [-0.2, 0) is 29.1 Å². The summed E-state index contributed by atoms with van der Waals surface area (Å²) in [7, 11) is 0. The molecule has 188 valence electrons. The highest BCUT2D eigenvalue weighted by Gasteiger charge is 2.20. The van der Waals surface area contributed by atoms with Gasteiger partial charge in [0.15, 0.2) is 5.15 Å². The molecule has 11 heteroatoms. The number of hydrogen-bond donors (Lipinski definition) is 3. The van der Waals surface area contributed by atoms with Crippen LogP contribution in [0.1, 0.15) is 36.8 Å². The van der Waals surface area contributed by atoms with Gasteiger partial charge >= 0.3 is 5.97 Å². The van der Waals surface area contributed by atoms with Crippen LogP contribution in [0.3, 0.4) is 0 Å². The van der Waals surface area contributed by atoms with Crippen molar-refractivity contribution in [2.45, 2.75) is 45.4 Å². The third-order valence-corrected chi connectivity index (χ3v) is 6.52. The summed E-state index contributed by atoms with van der Waals surface area (Å²) in [5.74, 6) is 1.09. The van der Waals surface area contributed by atoms with Gasteiger partial charge in [0, 0.05) is 24.3 Å². The minimum atomic E-state index is -0.786. The minimum Gasteiger partial charge on any atom is -0.458 e. The Balaban J connectivity index is 1.59. The molecule has 0 saturated heterocycles. The topological polar surface area (TPSA) is 125 Å². The fourth-order valence-corrected chi connectivity index (χ4v) is 4.26. The summed E-state index contributed by atoms with van der Waals surface area (Å²) in [6.07, 6.45) is 2.78. The molecule has 2 aromatic heterocycles. The molecule has 4 rings (SSSR count). The first-order valence-corrected chi connectivity index (χ1v) is 12.7. The first-order valence-electron chi connectivity index (χ1n) is 11.7. The summed E-state index contributed by atoms with van der Waals surface area (Å²) in [5, 5.41) is 14.8. The molecule has 0 amide bonds. The second kappa shape index (κ2) is 12.2. The zero-order valence-electron chi connectivity index (χ0n) is 19.9. The summed E-state index contributed by atoms with van der Waals surface area (Å²) >= 11 is 10.5. The summed E-state index contributed by atoms with van der Waals surface area (Å²) in [6.45, 7) is 2.66. The highest BCUT2D eigenvalue weighted by Crippen LogP contribution is 2.30. The van der Waals surface area contributed by atoms with Crippen LogP contribution in [0.25, 0.3) is 22.5 Å². The van der Waals surface area contributed by atoms with E-state index in [2.05, 4.69) is 69.4 Å². The maximum atomic E-state index is 12.1. The Hall–Kier alpha value is -3.21. The molecule has 36 heavy (non-hydrogen) atoms. The zero-order chi connectivity index (χ0) is 25.5. The Bertz CT molecular complexity index is 1290. The Labute approximate surface area is 219 Å². The van der Waals surface area contributed by atoms with Crippen molar-refractivity contribution < 1.29 is 9.53 Å². The number of imidazole rings is 1. The molecule has 4 aromatic rings. The summed E-state index contributed by atoms with van der Waals surface area (Å²) in [5.41, 5.74) is 10.4. The van der Waals surface area contributed by atoms with E-state index in [0.717, 1.165) is 47.3 Å². The molecule has 0 radical (unpaired) electrons. The number of aryl methyl sites for hydroxylation is 1. The van der Waals surface area contributed by atoms with E-state index in [-0.39, 0.29) is 12.4 Å². The number of thiol groups is 1. The Morgan fingerprint density at radius 1 is 1.19 bits per heavy atom. The Morgan fingerprint density at radius 2 is 1.94 bits per heavy atom. The van der Waals surface area contributed by atoms with Crippen molar-refractivity contribution in [1.82, 2.24) is 30.2 Å². The number of H-pyrrole nitrogens is 1. The van der Waals surface area contributed by atoms with Crippen molar-refractivity contribution in [3.8, 4) is 22.5 Å². The smallest absolute Gasteiger partial charge is 0.324 e. The number of benzene rings is 2. The molecule has 0 bridgehead atoms. The van der Waals surface area contributed by atoms with E-state index in [1.54, 1.807) is 0 Å². The van der Waals surface area contributed by atoms with Gasteiger partial charge < -0.3 is 15.0 Å². The Kier molecular flexibility index (Phi) is 8.74. The van der Waals surface area contributed by atoms with Gasteiger partial charge in [-0.3, -0.25) is 4.79 Å². The summed E-state index contributed by atoms with van der Waals surface area (Å²) in [4.78, 5) is 16.7. The zero-order valence-corrected chi connectivity index (χ0v) is 21.5. The van der Waals surface area contributed by atoms with Gasteiger partial charge in [0.05, 0.1) is 5.69 Å². The molecular weight excluding hydrogens is 498 g/mol. The average molecular weight is 526 g/mol. The molecule has 3 N–H and O–H groups in total. The van der Waals surface area contributed by atoms with Crippen LogP contribution in [0, 0.1) is 0 Å². The number of rotatable bonds is 11. The normalized spacial score (nSPS) is 12.0. The molecule has 0 aliphatic heterocycles. The van der Waals surface area contributed by atoms with Crippen molar-refractivity contribution >= 4 is 30.2 Å². The third kappa shape index (κ3) is 5.95. The number of esters is 1. The number of aromatic amines is 1. The molecule has 2 heterocycles. The van der Waals surface area contributed by atoms with Crippen molar-refractivity contribution in [3.63, 3.8) is 0 Å². The van der Waals surface area contributed by atoms with Gasteiger partial charge in [-0.1, -0.05) is 73.5 Å². The van der Waals surface area contributed by atoms with Gasteiger partial charge in [-0.15, -0.1) is 10.2 Å². The number of tetrazole rings is 1. The minimum absolute atomic E-state index is 0.00553. The van der Waals surface area contributed by atoms with E-state index in [4.69, 9.17) is 22.1 Å². The Morgan fingerprint density at radius 3 is 2.61 bits per heavy atom. The van der Waals surface area contributed by atoms with E-state index in [9.17, 15) is 4.79 Å². The quantitative estimate of drug-likeness (QED) is 0.199. The molecule has 1 atom stereocenters. The number of hydrogen-bond acceptors (Lipinski definition) is 8. The molecular formula is C25H28ClN7O2S. The maximum Gasteiger partial charge on any atom is 0.324 e. The summed E-state index contributed by atoms with van der Waals surface area (Å²) in [6, 6.07) is 15.4. The summed E-state index contributed by atoms with van der Waals surface area (Å²) < 4.78 is 7.43. The number of nitrogens with two attached hydrogens (primary N) is 1. The number of ether oxygens (including phenoxy) is 1. The van der Waals surface area contributed by atoms with Gasteiger partial charge in [0.25, 0.3) is 0 Å². The second-order valence-corrected chi connectivity index (χ2v) is 9.05. The fourth-order valence-electron chi connectivity index (χ4n) is 3.85. The average Bonchev–Trinajstić information content (AvgIpc) is 3.54. The van der Waals surface area contributed by atoms with Crippen molar-refractivity contribution in [3.05, 3.63) is 70.8 Å². The van der Waals surface area contributed by atoms with E-state index in [0.29, 0.717) is 23.2 Å². The standard InChI is InChI=1S/C25H28ClN7O2S/c1-2-3-8-22-28-23(26)21(14-35-25(34)20(27)15-36)33(22)13-16-9-11-17(12-10-16)18-6-4-5-7-19(18)24-29-31-32-30-24/h4-7,9-12,20,36H,2-3,8,13-15,27H2,1H3,(H,29,30,31,32)/t20-/m0/s1. The van der Waals surface area contributed by atoms with Gasteiger partial charge in [-0.2, -0.15) is 17.8 Å². The highest BCUT2D eigenvalue weighted by atomic mass is 35.5. The molecule has 2 aromatic carbocycles. The maximum absolute atomic E-state index is 12.1.